The van der Waals surface area contributed by atoms with Gasteiger partial charge in [0.1, 0.15) is 23.7 Å². The molecule has 0 atom stereocenters. The summed E-state index contributed by atoms with van der Waals surface area (Å²) >= 11 is 12.2. The first kappa shape index (κ1) is 25.3. The molecule has 0 aliphatic carbocycles. The molecule has 1 saturated heterocycles. The van der Waals surface area contributed by atoms with E-state index in [0.717, 1.165) is 38.3 Å². The van der Waals surface area contributed by atoms with Crippen molar-refractivity contribution in [2.24, 2.45) is 0 Å². The second-order valence-corrected chi connectivity index (χ2v) is 9.62. The van der Waals surface area contributed by atoms with E-state index in [9.17, 15) is 4.79 Å². The molecule has 0 amide bonds. The molecule has 1 fully saturated rings. The number of piperazine rings is 1. The monoisotopic (exact) mass is 513 g/mol. The van der Waals surface area contributed by atoms with Gasteiger partial charge in [-0.1, -0.05) is 47.5 Å². The van der Waals surface area contributed by atoms with Crippen LogP contribution in [-0.4, -0.2) is 48.1 Å². The molecule has 6 nitrogen and oxygen atoms in total. The summed E-state index contributed by atoms with van der Waals surface area (Å²) in [4.78, 5) is 21.6. The highest BCUT2D eigenvalue weighted by atomic mass is 35.5. The molecule has 35 heavy (non-hydrogen) atoms. The van der Waals surface area contributed by atoms with E-state index in [1.54, 1.807) is 36.5 Å². The van der Waals surface area contributed by atoms with Gasteiger partial charge in [0.2, 0.25) is 0 Å². The quantitative estimate of drug-likeness (QED) is 0.352. The lowest BCUT2D eigenvalue weighted by molar-refractivity contribution is 0.0378. The van der Waals surface area contributed by atoms with Gasteiger partial charge in [-0.05, 0) is 55.3 Å². The van der Waals surface area contributed by atoms with Crippen molar-refractivity contribution in [2.75, 3.05) is 31.1 Å². The van der Waals surface area contributed by atoms with Gasteiger partial charge in [0.15, 0.2) is 0 Å². The number of esters is 1. The smallest absolute Gasteiger partial charge is 0.342 e. The van der Waals surface area contributed by atoms with E-state index in [-0.39, 0.29) is 12.1 Å². The van der Waals surface area contributed by atoms with E-state index < -0.39 is 0 Å². The number of benzene rings is 2. The third-order valence-corrected chi connectivity index (χ3v) is 6.24. The van der Waals surface area contributed by atoms with Gasteiger partial charge in [0, 0.05) is 43.9 Å². The Labute approximate surface area is 216 Å². The molecule has 0 bridgehead atoms. The van der Waals surface area contributed by atoms with Crippen molar-refractivity contribution in [3.8, 4) is 5.75 Å². The minimum absolute atomic E-state index is 0.170. The molecular formula is C27H29Cl2N3O3. The second-order valence-electron chi connectivity index (χ2n) is 8.78. The molecule has 1 aliphatic rings. The van der Waals surface area contributed by atoms with Gasteiger partial charge in [0.05, 0.1) is 11.1 Å². The number of ether oxygens (including phenoxy) is 2. The summed E-state index contributed by atoms with van der Waals surface area (Å²) in [5, 5.41) is 1.08. The minimum atomic E-state index is -0.329. The van der Waals surface area contributed by atoms with Crippen molar-refractivity contribution < 1.29 is 14.3 Å². The van der Waals surface area contributed by atoms with Crippen LogP contribution in [0, 0.1) is 0 Å². The lowest BCUT2D eigenvalue weighted by atomic mass is 10.1. The van der Waals surface area contributed by atoms with Gasteiger partial charge in [-0.15, -0.1) is 0 Å². The van der Waals surface area contributed by atoms with Crippen molar-refractivity contribution in [3.63, 3.8) is 0 Å². The summed E-state index contributed by atoms with van der Waals surface area (Å²) in [6.45, 7) is 8.29. The maximum absolute atomic E-state index is 12.5. The molecule has 2 aromatic carbocycles. The van der Waals surface area contributed by atoms with Gasteiger partial charge in [-0.2, -0.15) is 0 Å². The molecule has 1 aromatic heterocycles. The van der Waals surface area contributed by atoms with Gasteiger partial charge in [-0.25, -0.2) is 9.78 Å². The summed E-state index contributed by atoms with van der Waals surface area (Å²) in [5.41, 5.74) is 2.82. The van der Waals surface area contributed by atoms with Crippen LogP contribution in [-0.2, 0) is 17.9 Å². The van der Waals surface area contributed by atoms with Crippen molar-refractivity contribution in [2.45, 2.75) is 33.1 Å². The lowest BCUT2D eigenvalue weighted by Gasteiger charge is -2.36. The number of anilines is 1. The third-order valence-electron chi connectivity index (χ3n) is 5.71. The van der Waals surface area contributed by atoms with Crippen LogP contribution in [0.5, 0.6) is 5.75 Å². The molecular weight excluding hydrogens is 485 g/mol. The van der Waals surface area contributed by atoms with Crippen LogP contribution in [0.2, 0.25) is 10.0 Å². The zero-order valence-corrected chi connectivity index (χ0v) is 21.4. The molecule has 4 rings (SSSR count). The van der Waals surface area contributed by atoms with E-state index in [1.807, 2.05) is 26.0 Å². The maximum Gasteiger partial charge on any atom is 0.342 e. The fourth-order valence-corrected chi connectivity index (χ4v) is 4.50. The molecule has 0 unspecified atom stereocenters. The first-order valence-corrected chi connectivity index (χ1v) is 12.4. The predicted molar refractivity (Wildman–Crippen MR) is 140 cm³/mol. The average Bonchev–Trinajstić information content (AvgIpc) is 2.84. The van der Waals surface area contributed by atoms with Crippen LogP contribution in [0.15, 0.2) is 60.8 Å². The zero-order chi connectivity index (χ0) is 24.8. The Bertz CT molecular complexity index is 1160. The molecule has 0 spiro atoms. The van der Waals surface area contributed by atoms with E-state index in [1.165, 1.54) is 5.56 Å². The van der Waals surface area contributed by atoms with Gasteiger partial charge in [-0.3, -0.25) is 4.90 Å². The van der Waals surface area contributed by atoms with E-state index in [0.29, 0.717) is 33.8 Å². The molecule has 0 N–H and O–H groups in total. The largest absolute Gasteiger partial charge is 0.487 e. The highest BCUT2D eigenvalue weighted by molar-refractivity contribution is 6.35. The number of aromatic nitrogens is 1. The van der Waals surface area contributed by atoms with Crippen LogP contribution in [0.3, 0.4) is 0 Å². The molecule has 3 aromatic rings. The SMILES string of the molecule is CC(C)OC(=O)c1cccnc1N1CCN(Cc2cccc(COc3ccc(Cl)cc3Cl)c2)CC1. The van der Waals surface area contributed by atoms with Crippen LogP contribution in [0.25, 0.3) is 0 Å². The Morgan fingerprint density at radius 2 is 1.77 bits per heavy atom. The van der Waals surface area contributed by atoms with Crippen molar-refractivity contribution in [1.82, 2.24) is 9.88 Å². The minimum Gasteiger partial charge on any atom is -0.487 e. The Morgan fingerprint density at radius 3 is 2.51 bits per heavy atom. The standard InChI is InChI=1S/C27H29Cl2N3O3/c1-19(2)35-27(33)23-7-4-10-30-26(23)32-13-11-31(12-14-32)17-20-5-3-6-21(15-20)18-34-25-9-8-22(28)16-24(25)29/h3-10,15-16,19H,11-14,17-18H2,1-2H3. The Morgan fingerprint density at radius 1 is 1.00 bits per heavy atom. The summed E-state index contributed by atoms with van der Waals surface area (Å²) < 4.78 is 11.3. The van der Waals surface area contributed by atoms with Gasteiger partial charge < -0.3 is 14.4 Å². The molecule has 0 saturated carbocycles. The number of rotatable bonds is 8. The summed E-state index contributed by atoms with van der Waals surface area (Å²) in [6.07, 6.45) is 1.55. The predicted octanol–water partition coefficient (Wildman–Crippen LogP) is 5.85. The summed E-state index contributed by atoms with van der Waals surface area (Å²) in [5.74, 6) is 0.978. The van der Waals surface area contributed by atoms with Crippen LogP contribution in [0.4, 0.5) is 5.82 Å². The van der Waals surface area contributed by atoms with Gasteiger partial charge in [0.25, 0.3) is 0 Å². The topological polar surface area (TPSA) is 54.9 Å². The Hall–Kier alpha value is -2.80. The van der Waals surface area contributed by atoms with Crippen molar-refractivity contribution >= 4 is 35.0 Å². The van der Waals surface area contributed by atoms with E-state index >= 15 is 0 Å². The number of carbonyl (C=O) groups is 1. The molecule has 1 aliphatic heterocycles. The molecule has 184 valence electrons. The van der Waals surface area contributed by atoms with E-state index in [4.69, 9.17) is 32.7 Å². The van der Waals surface area contributed by atoms with Crippen LogP contribution >= 0.6 is 23.2 Å². The number of hydrogen-bond donors (Lipinski definition) is 0. The lowest BCUT2D eigenvalue weighted by Crippen LogP contribution is -2.46. The number of nitrogens with zero attached hydrogens (tertiary/aromatic N) is 3. The number of hydrogen-bond acceptors (Lipinski definition) is 6. The number of halogens is 2. The number of carbonyl (C=O) groups excluding carboxylic acids is 1. The average molecular weight is 514 g/mol. The van der Waals surface area contributed by atoms with Gasteiger partial charge >= 0.3 is 5.97 Å². The van der Waals surface area contributed by atoms with Crippen LogP contribution in [0.1, 0.15) is 35.3 Å². The van der Waals surface area contributed by atoms with E-state index in [2.05, 4.69) is 26.9 Å². The van der Waals surface area contributed by atoms with Crippen molar-refractivity contribution in [3.05, 3.63) is 87.5 Å². The highest BCUT2D eigenvalue weighted by Crippen LogP contribution is 2.28. The fraction of sp³-hybridized carbons (Fsp3) is 0.333. The van der Waals surface area contributed by atoms with Crippen molar-refractivity contribution in [1.29, 1.82) is 0 Å². The third kappa shape index (κ3) is 6.88. The zero-order valence-electron chi connectivity index (χ0n) is 19.9. The molecule has 2 heterocycles. The maximum atomic E-state index is 12.5. The highest BCUT2D eigenvalue weighted by Gasteiger charge is 2.23. The number of pyridine rings is 1. The second kappa shape index (κ2) is 11.8. The van der Waals surface area contributed by atoms with Crippen LogP contribution < -0.4 is 9.64 Å². The Kier molecular flexibility index (Phi) is 8.50. The molecule has 0 radical (unpaired) electrons. The molecule has 8 heteroatoms. The fourth-order valence-electron chi connectivity index (χ4n) is 4.03. The first-order valence-electron chi connectivity index (χ1n) is 11.7. The summed E-state index contributed by atoms with van der Waals surface area (Å²) in [6, 6.07) is 17.2. The summed E-state index contributed by atoms with van der Waals surface area (Å²) in [7, 11) is 0. The Balaban J connectivity index is 1.33. The first-order chi connectivity index (χ1) is 16.9. The normalized spacial score (nSPS) is 14.3.